The summed E-state index contributed by atoms with van der Waals surface area (Å²) < 4.78 is 13.4. The maximum atomic E-state index is 13.4. The molecule has 0 bridgehead atoms. The SMILES string of the molecule is CNCCc1ccccc1C(=O)Cc1ccc(Cl)c(F)c1. The van der Waals surface area contributed by atoms with Crippen molar-refractivity contribution in [1.82, 2.24) is 5.32 Å². The highest BCUT2D eigenvalue weighted by atomic mass is 35.5. The van der Waals surface area contributed by atoms with E-state index in [4.69, 9.17) is 11.6 Å². The number of rotatable bonds is 6. The molecule has 0 fully saturated rings. The van der Waals surface area contributed by atoms with Crippen LogP contribution in [0, 0.1) is 5.82 Å². The number of nitrogens with one attached hydrogen (secondary N) is 1. The second-order valence-corrected chi connectivity index (χ2v) is 5.27. The number of carbonyl (C=O) groups is 1. The predicted molar refractivity (Wildman–Crippen MR) is 83.5 cm³/mol. The van der Waals surface area contributed by atoms with Crippen LogP contribution in [0.5, 0.6) is 0 Å². The Bertz CT molecular complexity index is 642. The minimum absolute atomic E-state index is 0.0107. The Kier molecular flexibility index (Phi) is 5.48. The molecular weight excluding hydrogens is 289 g/mol. The minimum atomic E-state index is -0.495. The van der Waals surface area contributed by atoms with Crippen LogP contribution in [0.25, 0.3) is 0 Å². The Morgan fingerprint density at radius 2 is 2.00 bits per heavy atom. The van der Waals surface area contributed by atoms with Crippen LogP contribution < -0.4 is 5.32 Å². The Morgan fingerprint density at radius 3 is 2.71 bits per heavy atom. The third-order valence-corrected chi connectivity index (χ3v) is 3.62. The molecule has 1 N–H and O–H groups in total. The molecule has 2 nitrogen and oxygen atoms in total. The van der Waals surface area contributed by atoms with E-state index < -0.39 is 5.82 Å². The molecule has 2 aromatic rings. The maximum Gasteiger partial charge on any atom is 0.167 e. The van der Waals surface area contributed by atoms with Crippen LogP contribution >= 0.6 is 11.6 Å². The second-order valence-electron chi connectivity index (χ2n) is 4.86. The fourth-order valence-corrected chi connectivity index (χ4v) is 2.32. The molecule has 0 amide bonds. The summed E-state index contributed by atoms with van der Waals surface area (Å²) in [5.74, 6) is -0.506. The summed E-state index contributed by atoms with van der Waals surface area (Å²) >= 11 is 5.65. The fourth-order valence-electron chi connectivity index (χ4n) is 2.20. The van der Waals surface area contributed by atoms with Crippen molar-refractivity contribution in [3.63, 3.8) is 0 Å². The van der Waals surface area contributed by atoms with E-state index in [9.17, 15) is 9.18 Å². The zero-order chi connectivity index (χ0) is 15.2. The topological polar surface area (TPSA) is 29.1 Å². The van der Waals surface area contributed by atoms with E-state index in [-0.39, 0.29) is 17.2 Å². The molecule has 110 valence electrons. The summed E-state index contributed by atoms with van der Waals surface area (Å²) in [4.78, 5) is 12.4. The van der Waals surface area contributed by atoms with E-state index in [1.165, 1.54) is 12.1 Å². The smallest absolute Gasteiger partial charge is 0.167 e. The van der Waals surface area contributed by atoms with Crippen LogP contribution in [-0.4, -0.2) is 19.4 Å². The molecule has 0 aromatic heterocycles. The summed E-state index contributed by atoms with van der Waals surface area (Å²) in [5.41, 5.74) is 2.33. The van der Waals surface area contributed by atoms with Crippen LogP contribution in [0.1, 0.15) is 21.5 Å². The zero-order valence-electron chi connectivity index (χ0n) is 11.8. The number of halogens is 2. The Labute approximate surface area is 128 Å². The van der Waals surface area contributed by atoms with Gasteiger partial charge in [-0.05, 0) is 43.3 Å². The van der Waals surface area contributed by atoms with Gasteiger partial charge in [0.25, 0.3) is 0 Å². The third-order valence-electron chi connectivity index (χ3n) is 3.31. The molecular formula is C17H17ClFNO. The van der Waals surface area contributed by atoms with Crippen LogP contribution in [0.15, 0.2) is 42.5 Å². The first-order valence-corrected chi connectivity index (χ1v) is 7.19. The summed E-state index contributed by atoms with van der Waals surface area (Å²) in [6, 6.07) is 12.0. The zero-order valence-corrected chi connectivity index (χ0v) is 12.6. The van der Waals surface area contributed by atoms with Crippen LogP contribution in [-0.2, 0) is 12.8 Å². The van der Waals surface area contributed by atoms with Gasteiger partial charge in [-0.25, -0.2) is 4.39 Å². The van der Waals surface area contributed by atoms with Crippen molar-refractivity contribution in [2.45, 2.75) is 12.8 Å². The molecule has 0 saturated carbocycles. The molecule has 2 aromatic carbocycles. The minimum Gasteiger partial charge on any atom is -0.319 e. The first-order chi connectivity index (χ1) is 10.1. The van der Waals surface area contributed by atoms with Crippen LogP contribution in [0.2, 0.25) is 5.02 Å². The number of hydrogen-bond donors (Lipinski definition) is 1. The summed E-state index contributed by atoms with van der Waals surface area (Å²) in [6.45, 7) is 0.805. The van der Waals surface area contributed by atoms with E-state index in [2.05, 4.69) is 5.32 Å². The summed E-state index contributed by atoms with van der Waals surface area (Å²) in [5, 5.41) is 3.14. The lowest BCUT2D eigenvalue weighted by Gasteiger charge is -2.09. The van der Waals surface area contributed by atoms with Gasteiger partial charge in [-0.3, -0.25) is 4.79 Å². The largest absolute Gasteiger partial charge is 0.319 e. The first-order valence-electron chi connectivity index (χ1n) is 6.81. The molecule has 0 spiro atoms. The summed E-state index contributed by atoms with van der Waals surface area (Å²) in [7, 11) is 1.88. The quantitative estimate of drug-likeness (QED) is 0.825. The fraction of sp³-hybridized carbons (Fsp3) is 0.235. The van der Waals surface area contributed by atoms with Crippen molar-refractivity contribution in [2.75, 3.05) is 13.6 Å². The van der Waals surface area contributed by atoms with Gasteiger partial charge in [-0.2, -0.15) is 0 Å². The standard InChI is InChI=1S/C17H17ClFNO/c1-20-9-8-13-4-2-3-5-14(13)17(21)11-12-6-7-15(18)16(19)10-12/h2-7,10,20H,8-9,11H2,1H3. The number of hydrogen-bond acceptors (Lipinski definition) is 2. The number of Topliss-reactive ketones (excluding diaryl/α,β-unsaturated/α-hetero) is 1. The van der Waals surface area contributed by atoms with Gasteiger partial charge in [-0.1, -0.05) is 41.9 Å². The lowest BCUT2D eigenvalue weighted by atomic mass is 9.97. The highest BCUT2D eigenvalue weighted by Gasteiger charge is 2.12. The van der Waals surface area contributed by atoms with Gasteiger partial charge in [-0.15, -0.1) is 0 Å². The normalized spacial score (nSPS) is 10.6. The third kappa shape index (κ3) is 4.13. The Morgan fingerprint density at radius 1 is 1.24 bits per heavy atom. The van der Waals surface area contributed by atoms with Crippen molar-refractivity contribution in [1.29, 1.82) is 0 Å². The van der Waals surface area contributed by atoms with E-state index >= 15 is 0 Å². The van der Waals surface area contributed by atoms with Crippen LogP contribution in [0.3, 0.4) is 0 Å². The highest BCUT2D eigenvalue weighted by molar-refractivity contribution is 6.30. The number of likely N-dealkylation sites (N-methyl/N-ethyl adjacent to an activating group) is 1. The number of carbonyl (C=O) groups excluding carboxylic acids is 1. The van der Waals surface area contributed by atoms with Crippen molar-refractivity contribution >= 4 is 17.4 Å². The summed E-state index contributed by atoms with van der Waals surface area (Å²) in [6.07, 6.45) is 0.956. The monoisotopic (exact) mass is 305 g/mol. The van der Waals surface area contributed by atoms with E-state index in [0.29, 0.717) is 11.1 Å². The number of ketones is 1. The molecule has 0 saturated heterocycles. The van der Waals surface area contributed by atoms with E-state index in [0.717, 1.165) is 18.5 Å². The number of benzene rings is 2. The molecule has 2 rings (SSSR count). The van der Waals surface area contributed by atoms with Crippen molar-refractivity contribution < 1.29 is 9.18 Å². The predicted octanol–water partition coefficient (Wildman–Crippen LogP) is 3.67. The average molecular weight is 306 g/mol. The maximum absolute atomic E-state index is 13.4. The first kappa shape index (κ1) is 15.7. The second kappa shape index (κ2) is 7.34. The van der Waals surface area contributed by atoms with Gasteiger partial charge in [0.1, 0.15) is 5.82 Å². The molecule has 4 heteroatoms. The lowest BCUT2D eigenvalue weighted by Crippen LogP contribution is -2.14. The van der Waals surface area contributed by atoms with Gasteiger partial charge in [0.15, 0.2) is 5.78 Å². The lowest BCUT2D eigenvalue weighted by molar-refractivity contribution is 0.0992. The average Bonchev–Trinajstić information content (AvgIpc) is 2.49. The van der Waals surface area contributed by atoms with Crippen LogP contribution in [0.4, 0.5) is 4.39 Å². The van der Waals surface area contributed by atoms with E-state index in [1.54, 1.807) is 6.07 Å². The van der Waals surface area contributed by atoms with Gasteiger partial charge in [0, 0.05) is 12.0 Å². The molecule has 0 aliphatic heterocycles. The van der Waals surface area contributed by atoms with Gasteiger partial charge < -0.3 is 5.32 Å². The van der Waals surface area contributed by atoms with Crippen molar-refractivity contribution in [3.8, 4) is 0 Å². The van der Waals surface area contributed by atoms with Gasteiger partial charge in [0.05, 0.1) is 5.02 Å². The van der Waals surface area contributed by atoms with E-state index in [1.807, 2.05) is 31.3 Å². The molecule has 0 unspecified atom stereocenters. The molecule has 0 radical (unpaired) electrons. The molecule has 0 aliphatic rings. The molecule has 0 atom stereocenters. The Balaban J connectivity index is 2.18. The van der Waals surface area contributed by atoms with Gasteiger partial charge in [0.2, 0.25) is 0 Å². The van der Waals surface area contributed by atoms with Crippen molar-refractivity contribution in [2.24, 2.45) is 0 Å². The van der Waals surface area contributed by atoms with Crippen molar-refractivity contribution in [3.05, 3.63) is 70.0 Å². The highest BCUT2D eigenvalue weighted by Crippen LogP contribution is 2.18. The molecule has 0 heterocycles. The Hall–Kier alpha value is -1.71. The molecule has 0 aliphatic carbocycles. The molecule has 21 heavy (non-hydrogen) atoms. The van der Waals surface area contributed by atoms with Gasteiger partial charge >= 0.3 is 0 Å².